The van der Waals surface area contributed by atoms with E-state index in [0.29, 0.717) is 26.9 Å². The van der Waals surface area contributed by atoms with Gasteiger partial charge in [0, 0.05) is 5.02 Å². The minimum absolute atomic E-state index is 0.0127. The predicted molar refractivity (Wildman–Crippen MR) is 106 cm³/mol. The van der Waals surface area contributed by atoms with Crippen LogP contribution in [0.2, 0.25) is 5.02 Å². The maximum Gasteiger partial charge on any atom is 0.264 e. The summed E-state index contributed by atoms with van der Waals surface area (Å²) in [7, 11) is 0. The fraction of sp³-hybridized carbons (Fsp3) is 0.105. The molecule has 1 aliphatic rings. The van der Waals surface area contributed by atoms with E-state index in [1.807, 2.05) is 0 Å². The van der Waals surface area contributed by atoms with E-state index in [1.54, 1.807) is 48.5 Å². The zero-order valence-electron chi connectivity index (χ0n) is 14.8. The van der Waals surface area contributed by atoms with Crippen LogP contribution in [0, 0.1) is 0 Å². The fourth-order valence-electron chi connectivity index (χ4n) is 2.72. The second-order valence-corrected chi connectivity index (χ2v) is 7.53. The van der Waals surface area contributed by atoms with Gasteiger partial charge in [-0.25, -0.2) is 0 Å². The molecule has 146 valence electrons. The second-order valence-electron chi connectivity index (χ2n) is 6.03. The van der Waals surface area contributed by atoms with Crippen LogP contribution >= 0.6 is 22.9 Å². The molecule has 0 spiro atoms. The Bertz CT molecular complexity index is 1060. The fourth-order valence-corrected chi connectivity index (χ4v) is 3.59. The number of amides is 3. The van der Waals surface area contributed by atoms with Gasteiger partial charge in [0.05, 0.1) is 17.7 Å². The first kappa shape index (κ1) is 19.0. The highest BCUT2D eigenvalue weighted by Gasteiger charge is 2.35. The van der Waals surface area contributed by atoms with E-state index >= 15 is 0 Å². The first-order valence-corrected chi connectivity index (χ1v) is 9.66. The number of nitrogens with zero attached hydrogens (tertiary/aromatic N) is 3. The maximum absolute atomic E-state index is 12.4. The lowest BCUT2D eigenvalue weighted by molar-refractivity contribution is -0.118. The monoisotopic (exact) mass is 428 g/mol. The SMILES string of the molecule is O=C(COc1ccc(Cl)cc1)Nc1nnc(CN2C(=O)c3ccccc3C2=O)s1. The summed E-state index contributed by atoms with van der Waals surface area (Å²) < 4.78 is 5.36. The Morgan fingerprint density at radius 2 is 1.69 bits per heavy atom. The summed E-state index contributed by atoms with van der Waals surface area (Å²) in [5, 5.41) is 11.6. The van der Waals surface area contributed by atoms with Gasteiger partial charge in [-0.2, -0.15) is 0 Å². The molecule has 0 fully saturated rings. The summed E-state index contributed by atoms with van der Waals surface area (Å²) in [5.74, 6) is -0.651. The van der Waals surface area contributed by atoms with Crippen LogP contribution in [-0.4, -0.2) is 39.4 Å². The maximum atomic E-state index is 12.4. The van der Waals surface area contributed by atoms with E-state index < -0.39 is 5.91 Å². The lowest BCUT2D eigenvalue weighted by atomic mass is 10.1. The average Bonchev–Trinajstić information content (AvgIpc) is 3.26. The van der Waals surface area contributed by atoms with Crippen LogP contribution in [-0.2, 0) is 11.3 Å². The van der Waals surface area contributed by atoms with Gasteiger partial charge in [-0.05, 0) is 36.4 Å². The molecule has 3 amide bonds. The molecule has 0 bridgehead atoms. The van der Waals surface area contributed by atoms with Crippen molar-refractivity contribution in [3.63, 3.8) is 0 Å². The molecule has 1 N–H and O–H groups in total. The van der Waals surface area contributed by atoms with E-state index in [1.165, 1.54) is 0 Å². The van der Waals surface area contributed by atoms with Crippen LogP contribution in [0.25, 0.3) is 0 Å². The average molecular weight is 429 g/mol. The topological polar surface area (TPSA) is 101 Å². The number of fused-ring (bicyclic) bond motifs is 1. The van der Waals surface area contributed by atoms with E-state index in [0.717, 1.165) is 16.2 Å². The predicted octanol–water partition coefficient (Wildman–Crippen LogP) is 3.01. The molecule has 8 nitrogen and oxygen atoms in total. The minimum Gasteiger partial charge on any atom is -0.484 e. The lowest BCUT2D eigenvalue weighted by Gasteiger charge is -2.10. The first-order chi connectivity index (χ1) is 14.0. The van der Waals surface area contributed by atoms with Crippen molar-refractivity contribution in [2.45, 2.75) is 6.54 Å². The Morgan fingerprint density at radius 1 is 1.03 bits per heavy atom. The van der Waals surface area contributed by atoms with Crippen molar-refractivity contribution in [1.82, 2.24) is 15.1 Å². The van der Waals surface area contributed by atoms with Crippen LogP contribution in [0.4, 0.5) is 5.13 Å². The summed E-state index contributed by atoms with van der Waals surface area (Å²) in [6.45, 7) is -0.226. The standard InChI is InChI=1S/C19H13ClN4O4S/c20-11-5-7-12(8-6-11)28-10-15(25)21-19-23-22-16(29-19)9-24-17(26)13-3-1-2-4-14(13)18(24)27/h1-8H,9-10H2,(H,21,23,25). The highest BCUT2D eigenvalue weighted by molar-refractivity contribution is 7.15. The van der Waals surface area contributed by atoms with Crippen molar-refractivity contribution >= 4 is 45.8 Å². The van der Waals surface area contributed by atoms with Crippen molar-refractivity contribution in [2.24, 2.45) is 0 Å². The lowest BCUT2D eigenvalue weighted by Crippen LogP contribution is -2.29. The molecule has 2 heterocycles. The number of imide groups is 1. The van der Waals surface area contributed by atoms with Gasteiger partial charge in [0.15, 0.2) is 6.61 Å². The largest absolute Gasteiger partial charge is 0.484 e. The molecule has 1 aromatic heterocycles. The molecule has 0 atom stereocenters. The van der Waals surface area contributed by atoms with Crippen molar-refractivity contribution in [3.8, 4) is 5.75 Å². The quantitative estimate of drug-likeness (QED) is 0.605. The van der Waals surface area contributed by atoms with Crippen LogP contribution in [0.3, 0.4) is 0 Å². The molecule has 10 heteroatoms. The Balaban J connectivity index is 1.34. The van der Waals surface area contributed by atoms with Crippen LogP contribution < -0.4 is 10.1 Å². The van der Waals surface area contributed by atoms with Gasteiger partial charge in [-0.1, -0.05) is 35.1 Å². The molecule has 29 heavy (non-hydrogen) atoms. The molecular formula is C19H13ClN4O4S. The molecular weight excluding hydrogens is 416 g/mol. The van der Waals surface area contributed by atoms with Gasteiger partial charge in [-0.3, -0.25) is 24.6 Å². The molecule has 1 aliphatic heterocycles. The summed E-state index contributed by atoms with van der Waals surface area (Å²) in [4.78, 5) is 37.9. The van der Waals surface area contributed by atoms with Gasteiger partial charge in [0.25, 0.3) is 17.7 Å². The van der Waals surface area contributed by atoms with Crippen LogP contribution in [0.1, 0.15) is 25.7 Å². The minimum atomic E-state index is -0.414. The Kier molecular flexibility index (Phi) is 5.24. The Labute approximate surface area is 174 Å². The number of hydrogen-bond donors (Lipinski definition) is 1. The number of anilines is 1. The molecule has 2 aromatic carbocycles. The summed E-state index contributed by atoms with van der Waals surface area (Å²) in [6, 6.07) is 13.3. The second kappa shape index (κ2) is 7.98. The molecule has 0 saturated heterocycles. The number of benzene rings is 2. The van der Waals surface area contributed by atoms with E-state index in [9.17, 15) is 14.4 Å². The third-order valence-corrected chi connectivity index (χ3v) is 5.14. The number of hydrogen-bond acceptors (Lipinski definition) is 7. The van der Waals surface area contributed by atoms with E-state index in [2.05, 4.69) is 15.5 Å². The number of halogens is 1. The van der Waals surface area contributed by atoms with Gasteiger partial charge >= 0.3 is 0 Å². The van der Waals surface area contributed by atoms with Crippen molar-refractivity contribution < 1.29 is 19.1 Å². The van der Waals surface area contributed by atoms with Gasteiger partial charge in [-0.15, -0.1) is 10.2 Å². The van der Waals surface area contributed by atoms with Crippen LogP contribution in [0.15, 0.2) is 48.5 Å². The molecule has 0 radical (unpaired) electrons. The smallest absolute Gasteiger partial charge is 0.264 e. The molecule has 4 rings (SSSR count). The van der Waals surface area contributed by atoms with Gasteiger partial charge in [0.2, 0.25) is 5.13 Å². The van der Waals surface area contributed by atoms with Crippen molar-refractivity contribution in [2.75, 3.05) is 11.9 Å². The van der Waals surface area contributed by atoms with E-state index in [-0.39, 0.29) is 30.1 Å². The number of rotatable bonds is 6. The zero-order chi connectivity index (χ0) is 20.4. The Hall–Kier alpha value is -3.30. The number of carbonyl (C=O) groups excluding carboxylic acids is 3. The number of aromatic nitrogens is 2. The van der Waals surface area contributed by atoms with E-state index in [4.69, 9.17) is 16.3 Å². The van der Waals surface area contributed by atoms with Crippen LogP contribution in [0.5, 0.6) is 5.75 Å². The van der Waals surface area contributed by atoms with Crippen molar-refractivity contribution in [1.29, 1.82) is 0 Å². The summed E-state index contributed by atoms with van der Waals surface area (Å²) in [6.07, 6.45) is 0. The summed E-state index contributed by atoms with van der Waals surface area (Å²) >= 11 is 6.88. The molecule has 0 aliphatic carbocycles. The summed E-state index contributed by atoms with van der Waals surface area (Å²) in [5.41, 5.74) is 0.741. The molecule has 0 unspecified atom stereocenters. The Morgan fingerprint density at radius 3 is 2.34 bits per heavy atom. The zero-order valence-corrected chi connectivity index (χ0v) is 16.4. The normalized spacial score (nSPS) is 12.8. The number of carbonyl (C=O) groups is 3. The van der Waals surface area contributed by atoms with Crippen molar-refractivity contribution in [3.05, 3.63) is 69.7 Å². The third kappa shape index (κ3) is 4.10. The highest BCUT2D eigenvalue weighted by Crippen LogP contribution is 2.26. The number of nitrogens with one attached hydrogen (secondary N) is 1. The highest BCUT2D eigenvalue weighted by atomic mass is 35.5. The third-order valence-electron chi connectivity index (χ3n) is 4.07. The van der Waals surface area contributed by atoms with Gasteiger partial charge < -0.3 is 4.74 Å². The molecule has 0 saturated carbocycles. The number of ether oxygens (including phenoxy) is 1. The van der Waals surface area contributed by atoms with Gasteiger partial charge in [0.1, 0.15) is 10.8 Å². The first-order valence-electron chi connectivity index (χ1n) is 8.47. The molecule has 3 aromatic rings.